The SMILES string of the molecule is C[Si](C)(C)CCOCn1ccc2c(-c3cn(C(CC#N)C4CCCC4)nc3N)ncnc21.C[Si](C)(C)CCOCn1ccc2c(-c3cnn(C(CC#N)C4CCCC4)c3N)ncnc21. The Kier molecular flexibility index (Phi) is 15.0. The number of fused-ring (bicyclic) bond motifs is 2. The minimum absolute atomic E-state index is 0.0120. The summed E-state index contributed by atoms with van der Waals surface area (Å²) in [5, 5.41) is 29.8. The Labute approximate surface area is 379 Å². The summed E-state index contributed by atoms with van der Waals surface area (Å²) in [7, 11) is -2.24. The molecule has 4 N–H and O–H groups in total. The largest absolute Gasteiger partial charge is 0.383 e. The molecule has 2 aliphatic rings. The fourth-order valence-electron chi connectivity index (χ4n) is 9.10. The summed E-state index contributed by atoms with van der Waals surface area (Å²) in [6.45, 7) is 16.5. The third kappa shape index (κ3) is 11.1. The highest BCUT2D eigenvalue weighted by Crippen LogP contribution is 2.40. The lowest BCUT2D eigenvalue weighted by atomic mass is 9.96. The Morgan fingerprint density at radius 1 is 0.703 bits per heavy atom. The molecule has 6 aromatic heterocycles. The van der Waals surface area contributed by atoms with Crippen LogP contribution >= 0.6 is 0 Å². The first-order valence-electron chi connectivity index (χ1n) is 22.9. The molecule has 0 aromatic carbocycles. The number of nitrogens with zero attached hydrogens (tertiary/aromatic N) is 12. The number of anilines is 2. The zero-order valence-electron chi connectivity index (χ0n) is 38.6. The maximum Gasteiger partial charge on any atom is 0.154 e. The molecule has 0 bridgehead atoms. The predicted molar refractivity (Wildman–Crippen MR) is 257 cm³/mol. The number of hydrogen-bond donors (Lipinski definition) is 2. The minimum atomic E-state index is -1.12. The summed E-state index contributed by atoms with van der Waals surface area (Å²) in [5.41, 5.74) is 17.7. The smallest absolute Gasteiger partial charge is 0.154 e. The van der Waals surface area contributed by atoms with Gasteiger partial charge in [-0.25, -0.2) is 24.6 Å². The molecule has 6 heterocycles. The Bertz CT molecular complexity index is 2460. The average molecular weight is 903 g/mol. The van der Waals surface area contributed by atoms with Crippen molar-refractivity contribution in [3.63, 3.8) is 0 Å². The van der Waals surface area contributed by atoms with Gasteiger partial charge in [0.05, 0.1) is 65.8 Å². The fourth-order valence-corrected chi connectivity index (χ4v) is 10.6. The molecular formula is C46H66N14O2Si2. The van der Waals surface area contributed by atoms with Gasteiger partial charge in [-0.3, -0.25) is 4.68 Å². The lowest BCUT2D eigenvalue weighted by molar-refractivity contribution is 0.0898. The van der Waals surface area contributed by atoms with E-state index in [0.29, 0.717) is 49.8 Å². The first-order valence-corrected chi connectivity index (χ1v) is 30.3. The van der Waals surface area contributed by atoms with Crippen molar-refractivity contribution in [2.24, 2.45) is 11.8 Å². The third-order valence-corrected chi connectivity index (χ3v) is 16.2. The monoisotopic (exact) mass is 903 g/mol. The second-order valence-electron chi connectivity index (χ2n) is 19.9. The number of nitrogens with two attached hydrogens (primary N) is 2. The summed E-state index contributed by atoms with van der Waals surface area (Å²) in [4.78, 5) is 18.1. The summed E-state index contributed by atoms with van der Waals surface area (Å²) >= 11 is 0. The lowest BCUT2D eigenvalue weighted by Crippen LogP contribution is -2.22. The number of nitrogen functional groups attached to an aromatic ring is 2. The molecule has 0 saturated heterocycles. The second kappa shape index (κ2) is 20.6. The maximum atomic E-state index is 9.39. The first-order chi connectivity index (χ1) is 30.8. The standard InChI is InChI=1S/2C23H33N7OSi/c1-32(2,3)13-12-31-16-29-11-9-18-21(26-15-27-23(18)29)19-14-30(28-22(19)25)20(8-10-24)17-6-4-5-7-17;1-32(2,3)13-12-31-16-29-11-9-18-21(26-15-27-23(18)29)19-14-28-30(22(19)25)20(8-10-24)17-6-4-5-7-17/h9,11,14-15,17,20H,4-8,12-13,16H2,1-3H3,(H2,25,28);9,11,14-15,17,20H,4-8,12-13,16,25H2,1-3H3. The molecule has 6 aromatic rings. The minimum Gasteiger partial charge on any atom is -0.383 e. The molecular weight excluding hydrogens is 837 g/mol. The Morgan fingerprint density at radius 3 is 1.69 bits per heavy atom. The Balaban J connectivity index is 0.000000191. The molecule has 8 rings (SSSR count). The van der Waals surface area contributed by atoms with Crippen LogP contribution in [0.25, 0.3) is 44.6 Å². The van der Waals surface area contributed by atoms with Crippen LogP contribution in [0.3, 0.4) is 0 Å². The van der Waals surface area contributed by atoms with E-state index >= 15 is 0 Å². The number of hydrogen-bond acceptors (Lipinski definition) is 12. The average Bonchev–Trinajstić information content (AvgIpc) is 4.13. The van der Waals surface area contributed by atoms with E-state index in [-0.39, 0.29) is 12.1 Å². The van der Waals surface area contributed by atoms with Crippen molar-refractivity contribution < 1.29 is 9.47 Å². The van der Waals surface area contributed by atoms with E-state index in [1.54, 1.807) is 18.9 Å². The van der Waals surface area contributed by atoms with Gasteiger partial charge in [-0.15, -0.1) is 0 Å². The lowest BCUT2D eigenvalue weighted by Gasteiger charge is -2.22. The van der Waals surface area contributed by atoms with E-state index in [1.165, 1.54) is 25.7 Å². The van der Waals surface area contributed by atoms with Crippen molar-refractivity contribution in [3.8, 4) is 34.7 Å². The number of rotatable bonds is 18. The Hall–Kier alpha value is -5.41. The van der Waals surface area contributed by atoms with Crippen molar-refractivity contribution in [3.05, 3.63) is 49.6 Å². The van der Waals surface area contributed by atoms with Gasteiger partial charge in [-0.05, 0) is 61.7 Å². The van der Waals surface area contributed by atoms with E-state index in [9.17, 15) is 10.5 Å². The van der Waals surface area contributed by atoms with Crippen LogP contribution in [0.4, 0.5) is 11.6 Å². The quantitative estimate of drug-likeness (QED) is 0.0609. The highest BCUT2D eigenvalue weighted by molar-refractivity contribution is 6.76. The molecule has 0 amide bonds. The first kappa shape index (κ1) is 46.6. The van der Waals surface area contributed by atoms with E-state index in [1.807, 2.05) is 49.2 Å². The molecule has 2 saturated carbocycles. The third-order valence-electron chi connectivity index (χ3n) is 12.8. The highest BCUT2D eigenvalue weighted by Gasteiger charge is 2.31. The zero-order chi connectivity index (χ0) is 45.4. The topological polar surface area (TPSA) is 215 Å². The second-order valence-corrected chi connectivity index (χ2v) is 31.2. The van der Waals surface area contributed by atoms with Gasteiger partial charge in [0.2, 0.25) is 0 Å². The van der Waals surface area contributed by atoms with Gasteiger partial charge in [-0.2, -0.15) is 20.7 Å². The van der Waals surface area contributed by atoms with Crippen LogP contribution in [0, 0.1) is 34.5 Å². The summed E-state index contributed by atoms with van der Waals surface area (Å²) in [5.74, 6) is 1.92. The molecule has 0 aliphatic heterocycles. The molecule has 0 spiro atoms. The van der Waals surface area contributed by atoms with Gasteiger partial charge in [0.15, 0.2) is 5.82 Å². The van der Waals surface area contributed by atoms with Crippen molar-refractivity contribution >= 4 is 49.9 Å². The van der Waals surface area contributed by atoms with Crippen molar-refractivity contribution in [1.82, 2.24) is 48.6 Å². The van der Waals surface area contributed by atoms with Crippen molar-refractivity contribution in [1.29, 1.82) is 10.5 Å². The van der Waals surface area contributed by atoms with E-state index in [2.05, 4.69) is 81.6 Å². The van der Waals surface area contributed by atoms with Gasteiger partial charge in [0.25, 0.3) is 0 Å². The summed E-state index contributed by atoms with van der Waals surface area (Å²) in [6.07, 6.45) is 21.1. The van der Waals surface area contributed by atoms with Gasteiger partial charge >= 0.3 is 0 Å². The van der Waals surface area contributed by atoms with Crippen LogP contribution in [0.15, 0.2) is 49.6 Å². The molecule has 2 aliphatic carbocycles. The molecule has 0 radical (unpaired) electrons. The van der Waals surface area contributed by atoms with E-state index in [0.717, 1.165) is 95.6 Å². The highest BCUT2D eigenvalue weighted by atomic mass is 28.3. The molecule has 2 atom stereocenters. The van der Waals surface area contributed by atoms with Gasteiger partial charge in [0, 0.05) is 58.7 Å². The molecule has 16 nitrogen and oxygen atoms in total. The van der Waals surface area contributed by atoms with Crippen LogP contribution < -0.4 is 11.5 Å². The predicted octanol–water partition coefficient (Wildman–Crippen LogP) is 9.67. The van der Waals surface area contributed by atoms with Gasteiger partial charge in [0.1, 0.15) is 43.2 Å². The van der Waals surface area contributed by atoms with Crippen molar-refractivity contribution in [2.75, 3.05) is 24.7 Å². The Morgan fingerprint density at radius 2 is 1.19 bits per heavy atom. The van der Waals surface area contributed by atoms with E-state index < -0.39 is 16.1 Å². The molecule has 64 heavy (non-hydrogen) atoms. The van der Waals surface area contributed by atoms with Crippen LogP contribution in [-0.4, -0.2) is 78.0 Å². The number of aromatic nitrogens is 10. The van der Waals surface area contributed by atoms with Crippen LogP contribution in [0.2, 0.25) is 51.4 Å². The maximum absolute atomic E-state index is 9.39. The van der Waals surface area contributed by atoms with Crippen LogP contribution in [0.5, 0.6) is 0 Å². The van der Waals surface area contributed by atoms with E-state index in [4.69, 9.17) is 20.9 Å². The van der Waals surface area contributed by atoms with Gasteiger partial charge in [-0.1, -0.05) is 65.0 Å². The molecule has 2 fully saturated rings. The fraction of sp³-hybridized carbons (Fsp3) is 0.565. The molecule has 340 valence electrons. The summed E-state index contributed by atoms with van der Waals surface area (Å²) in [6, 6.07) is 11.0. The number of ether oxygens (including phenoxy) is 2. The normalized spacial score (nSPS) is 15.9. The van der Waals surface area contributed by atoms with Crippen LogP contribution in [-0.2, 0) is 22.9 Å². The zero-order valence-corrected chi connectivity index (χ0v) is 40.6. The van der Waals surface area contributed by atoms with Crippen LogP contribution in [0.1, 0.15) is 76.3 Å². The number of nitriles is 2. The van der Waals surface area contributed by atoms with Crippen molar-refractivity contribution in [2.45, 2.75) is 141 Å². The van der Waals surface area contributed by atoms with Gasteiger partial charge < -0.3 is 30.1 Å². The molecule has 18 heteroatoms. The summed E-state index contributed by atoms with van der Waals surface area (Å²) < 4.78 is 19.6. The molecule has 2 unspecified atom stereocenters.